The lowest BCUT2D eigenvalue weighted by Crippen LogP contribution is -2.49. The van der Waals surface area contributed by atoms with Gasteiger partial charge < -0.3 is 15.0 Å². The van der Waals surface area contributed by atoms with Gasteiger partial charge in [0.05, 0.1) is 6.20 Å². The lowest BCUT2D eigenvalue weighted by Gasteiger charge is -2.38. The van der Waals surface area contributed by atoms with Crippen molar-refractivity contribution in [2.45, 2.75) is 65.0 Å². The van der Waals surface area contributed by atoms with Gasteiger partial charge >= 0.3 is 0 Å². The summed E-state index contributed by atoms with van der Waals surface area (Å²) in [7, 11) is 0. The number of hydrogen-bond acceptors (Lipinski definition) is 4. The van der Waals surface area contributed by atoms with Crippen molar-refractivity contribution in [1.82, 2.24) is 20.4 Å². The van der Waals surface area contributed by atoms with Crippen LogP contribution in [0.25, 0.3) is 0 Å². The van der Waals surface area contributed by atoms with Crippen LogP contribution in [0.2, 0.25) is 0 Å². The summed E-state index contributed by atoms with van der Waals surface area (Å²) in [4.78, 5) is 26.8. The first-order valence-corrected chi connectivity index (χ1v) is 10.8. The second-order valence-electron chi connectivity index (χ2n) is 8.12. The van der Waals surface area contributed by atoms with Gasteiger partial charge in [0.15, 0.2) is 6.61 Å². The topological polar surface area (TPSA) is 87.3 Å². The Bertz CT molecular complexity index is 836. The molecule has 0 aliphatic carbocycles. The Labute approximate surface area is 178 Å². The number of piperidine rings is 1. The number of benzene rings is 1. The van der Waals surface area contributed by atoms with E-state index in [2.05, 4.69) is 29.4 Å². The normalized spacial score (nSPS) is 18.8. The first-order chi connectivity index (χ1) is 14.5. The van der Waals surface area contributed by atoms with Gasteiger partial charge in [-0.25, -0.2) is 0 Å². The van der Waals surface area contributed by atoms with E-state index < -0.39 is 0 Å². The monoisotopic (exact) mass is 412 g/mol. The fraction of sp³-hybridized carbons (Fsp3) is 0.522. The Balaban J connectivity index is 1.42. The smallest absolute Gasteiger partial charge is 0.260 e. The Morgan fingerprint density at radius 1 is 1.20 bits per heavy atom. The van der Waals surface area contributed by atoms with Crippen LogP contribution in [0.15, 0.2) is 30.5 Å². The van der Waals surface area contributed by atoms with Gasteiger partial charge in [0.25, 0.3) is 11.8 Å². The molecule has 2 atom stereocenters. The molecule has 1 aliphatic heterocycles. The number of nitrogens with zero attached hydrogens (tertiary/aromatic N) is 2. The Morgan fingerprint density at radius 3 is 2.53 bits per heavy atom. The Kier molecular flexibility index (Phi) is 7.49. The largest absolute Gasteiger partial charge is 0.484 e. The van der Waals surface area contributed by atoms with E-state index in [1.165, 1.54) is 12.0 Å². The van der Waals surface area contributed by atoms with Crippen molar-refractivity contribution < 1.29 is 14.3 Å². The first kappa shape index (κ1) is 21.9. The van der Waals surface area contributed by atoms with Crippen molar-refractivity contribution in [3.63, 3.8) is 0 Å². The molecule has 0 saturated carbocycles. The average molecular weight is 413 g/mol. The molecule has 30 heavy (non-hydrogen) atoms. The third-order valence-corrected chi connectivity index (χ3v) is 5.80. The van der Waals surface area contributed by atoms with Crippen LogP contribution in [0.3, 0.4) is 0 Å². The molecular formula is C23H32N4O3. The lowest BCUT2D eigenvalue weighted by molar-refractivity contribution is -0.139. The maximum atomic E-state index is 12.6. The van der Waals surface area contributed by atoms with Crippen LogP contribution < -0.4 is 10.1 Å². The maximum absolute atomic E-state index is 12.6. The molecule has 7 nitrogen and oxygen atoms in total. The van der Waals surface area contributed by atoms with E-state index >= 15 is 0 Å². The Hall–Kier alpha value is -2.83. The van der Waals surface area contributed by atoms with Crippen LogP contribution in [0, 0.1) is 6.92 Å². The molecule has 0 radical (unpaired) electrons. The van der Waals surface area contributed by atoms with Gasteiger partial charge in [0.1, 0.15) is 5.75 Å². The zero-order valence-electron chi connectivity index (χ0n) is 18.1. The van der Waals surface area contributed by atoms with E-state index in [1.54, 1.807) is 24.3 Å². The van der Waals surface area contributed by atoms with Crippen LogP contribution in [0.1, 0.15) is 61.1 Å². The number of amides is 2. The lowest BCUT2D eigenvalue weighted by atomic mass is 9.97. The number of ether oxygens (including phenoxy) is 1. The van der Waals surface area contributed by atoms with E-state index in [9.17, 15) is 9.59 Å². The zero-order valence-corrected chi connectivity index (χ0v) is 18.1. The van der Waals surface area contributed by atoms with Gasteiger partial charge in [-0.1, -0.05) is 0 Å². The molecule has 0 spiro atoms. The highest BCUT2D eigenvalue weighted by atomic mass is 16.5. The first-order valence-electron chi connectivity index (χ1n) is 10.8. The van der Waals surface area contributed by atoms with Crippen LogP contribution in [0.5, 0.6) is 5.75 Å². The summed E-state index contributed by atoms with van der Waals surface area (Å²) < 4.78 is 5.67. The molecule has 2 aromatic rings. The number of aromatic amines is 1. The molecule has 1 aromatic carbocycles. The highest BCUT2D eigenvalue weighted by Gasteiger charge is 2.28. The van der Waals surface area contributed by atoms with Crippen molar-refractivity contribution >= 4 is 11.8 Å². The summed E-state index contributed by atoms with van der Waals surface area (Å²) in [6, 6.07) is 7.44. The second-order valence-corrected chi connectivity index (χ2v) is 8.12. The molecule has 0 bridgehead atoms. The number of hydrogen-bond donors (Lipinski definition) is 2. The molecule has 162 valence electrons. The van der Waals surface area contributed by atoms with Gasteiger partial charge in [0.2, 0.25) is 0 Å². The van der Waals surface area contributed by atoms with E-state index in [4.69, 9.17) is 4.74 Å². The van der Waals surface area contributed by atoms with E-state index in [0.29, 0.717) is 17.9 Å². The fourth-order valence-corrected chi connectivity index (χ4v) is 4.05. The number of carbonyl (C=O) groups is 2. The van der Waals surface area contributed by atoms with Crippen molar-refractivity contribution in [3.8, 4) is 5.75 Å². The number of aromatic nitrogens is 2. The molecule has 2 amide bonds. The van der Waals surface area contributed by atoms with Gasteiger partial charge in [-0.3, -0.25) is 14.7 Å². The maximum Gasteiger partial charge on any atom is 0.260 e. The van der Waals surface area contributed by atoms with Crippen LogP contribution in [0.4, 0.5) is 0 Å². The quantitative estimate of drug-likeness (QED) is 0.652. The van der Waals surface area contributed by atoms with E-state index in [1.807, 2.05) is 18.0 Å². The molecule has 2 unspecified atom stereocenters. The number of likely N-dealkylation sites (tertiary alicyclic amines) is 1. The van der Waals surface area contributed by atoms with E-state index in [-0.39, 0.29) is 30.5 Å². The van der Waals surface area contributed by atoms with Crippen LogP contribution in [-0.2, 0) is 11.2 Å². The highest BCUT2D eigenvalue weighted by molar-refractivity contribution is 5.94. The summed E-state index contributed by atoms with van der Waals surface area (Å²) in [5.41, 5.74) is 2.82. The Morgan fingerprint density at radius 2 is 1.90 bits per heavy atom. The minimum Gasteiger partial charge on any atom is -0.484 e. The molecular weight excluding hydrogens is 380 g/mol. The molecule has 1 saturated heterocycles. The van der Waals surface area contributed by atoms with Crippen molar-refractivity contribution in [2.75, 3.05) is 13.2 Å². The molecule has 1 aromatic heterocycles. The zero-order chi connectivity index (χ0) is 21.5. The third-order valence-electron chi connectivity index (χ3n) is 5.80. The fourth-order valence-electron chi connectivity index (χ4n) is 4.05. The number of nitrogens with one attached hydrogen (secondary N) is 2. The molecule has 2 N–H and O–H groups in total. The molecule has 1 aliphatic rings. The van der Waals surface area contributed by atoms with Crippen LogP contribution >= 0.6 is 0 Å². The molecule has 2 heterocycles. The van der Waals surface area contributed by atoms with Gasteiger partial charge in [-0.15, -0.1) is 0 Å². The van der Waals surface area contributed by atoms with Crippen molar-refractivity contribution in [2.24, 2.45) is 0 Å². The van der Waals surface area contributed by atoms with Gasteiger partial charge in [-0.2, -0.15) is 5.10 Å². The summed E-state index contributed by atoms with van der Waals surface area (Å²) >= 11 is 0. The molecule has 1 fully saturated rings. The number of H-pyrrole nitrogens is 1. The summed E-state index contributed by atoms with van der Waals surface area (Å²) in [5, 5.41) is 9.85. The number of rotatable bonds is 8. The number of carbonyl (C=O) groups excluding carboxylic acids is 2. The summed E-state index contributed by atoms with van der Waals surface area (Å²) in [6.45, 7) is 6.80. The SMILES string of the molecule is Cc1[nH]ncc1CCCNC(=O)c1ccc(OCC(=O)N2C(C)CCCC2C)cc1. The second kappa shape index (κ2) is 10.3. The van der Waals surface area contributed by atoms with E-state index in [0.717, 1.165) is 31.4 Å². The molecule has 3 rings (SSSR count). The van der Waals surface area contributed by atoms with Crippen molar-refractivity contribution in [3.05, 3.63) is 47.3 Å². The minimum absolute atomic E-state index is 0.0179. The predicted molar refractivity (Wildman–Crippen MR) is 116 cm³/mol. The standard InChI is InChI=1S/C23H32N4O3/c1-16-6-4-7-17(2)27(16)22(28)15-30-21-11-9-19(10-12-21)23(29)24-13-5-8-20-14-25-26-18(20)3/h9-12,14,16-17H,4-8,13,15H2,1-3H3,(H,24,29)(H,25,26). The molecule has 7 heteroatoms. The van der Waals surface area contributed by atoms with Gasteiger partial charge in [-0.05, 0) is 82.7 Å². The number of aryl methyl sites for hydroxylation is 2. The average Bonchev–Trinajstić information content (AvgIpc) is 3.14. The third kappa shape index (κ3) is 5.62. The van der Waals surface area contributed by atoms with Gasteiger partial charge in [0, 0.05) is 29.9 Å². The summed E-state index contributed by atoms with van der Waals surface area (Å²) in [6.07, 6.45) is 6.80. The highest BCUT2D eigenvalue weighted by Crippen LogP contribution is 2.23. The minimum atomic E-state index is -0.113. The van der Waals surface area contributed by atoms with Crippen molar-refractivity contribution in [1.29, 1.82) is 0 Å². The summed E-state index contributed by atoms with van der Waals surface area (Å²) in [5.74, 6) is 0.495. The predicted octanol–water partition coefficient (Wildman–Crippen LogP) is 3.25. The van der Waals surface area contributed by atoms with Crippen LogP contribution in [-0.4, -0.2) is 52.1 Å².